The molecule has 0 N–H and O–H groups in total. The summed E-state index contributed by atoms with van der Waals surface area (Å²) in [6, 6.07) is 17.2. The van der Waals surface area contributed by atoms with Crippen molar-refractivity contribution in [2.24, 2.45) is 0 Å². The number of piperazine rings is 1. The summed E-state index contributed by atoms with van der Waals surface area (Å²) in [5.41, 5.74) is 1.25. The van der Waals surface area contributed by atoms with E-state index in [0.717, 1.165) is 36.8 Å². The number of aromatic nitrogens is 3. The van der Waals surface area contributed by atoms with E-state index in [2.05, 4.69) is 15.2 Å². The third-order valence-corrected chi connectivity index (χ3v) is 5.13. The molecule has 0 saturated carbocycles. The van der Waals surface area contributed by atoms with E-state index < -0.39 is 0 Å². The highest BCUT2D eigenvalue weighted by molar-refractivity contribution is 5.92. The van der Waals surface area contributed by atoms with Gasteiger partial charge >= 0.3 is 0 Å². The number of methoxy groups -OCH3 is 1. The van der Waals surface area contributed by atoms with E-state index in [0.29, 0.717) is 25.4 Å². The van der Waals surface area contributed by atoms with Crippen molar-refractivity contribution < 1.29 is 14.3 Å². The molecule has 30 heavy (non-hydrogen) atoms. The van der Waals surface area contributed by atoms with Gasteiger partial charge in [0.1, 0.15) is 18.1 Å². The summed E-state index contributed by atoms with van der Waals surface area (Å²) >= 11 is 0. The summed E-state index contributed by atoms with van der Waals surface area (Å²) in [4.78, 5) is 16.9. The van der Waals surface area contributed by atoms with Crippen molar-refractivity contribution >= 4 is 5.91 Å². The molecule has 8 heteroatoms. The molecule has 0 spiro atoms. The monoisotopic (exact) mass is 407 g/mol. The molecule has 156 valence electrons. The maximum atomic E-state index is 12.8. The van der Waals surface area contributed by atoms with Crippen molar-refractivity contribution in [2.75, 3.05) is 46.4 Å². The van der Waals surface area contributed by atoms with Crippen molar-refractivity contribution in [3.8, 4) is 17.2 Å². The van der Waals surface area contributed by atoms with Crippen LogP contribution in [0.1, 0.15) is 10.5 Å². The molecule has 4 rings (SSSR count). The number of ether oxygens (including phenoxy) is 2. The van der Waals surface area contributed by atoms with Gasteiger partial charge in [0, 0.05) is 32.7 Å². The van der Waals surface area contributed by atoms with Gasteiger partial charge in [0.15, 0.2) is 5.69 Å². The fourth-order valence-electron chi connectivity index (χ4n) is 3.37. The van der Waals surface area contributed by atoms with Gasteiger partial charge in [-0.3, -0.25) is 9.69 Å². The van der Waals surface area contributed by atoms with Crippen molar-refractivity contribution in [1.29, 1.82) is 0 Å². The van der Waals surface area contributed by atoms with Crippen LogP contribution in [-0.4, -0.2) is 77.1 Å². The van der Waals surface area contributed by atoms with Crippen LogP contribution in [0.2, 0.25) is 0 Å². The van der Waals surface area contributed by atoms with Crippen LogP contribution in [-0.2, 0) is 0 Å². The first-order valence-corrected chi connectivity index (χ1v) is 9.99. The minimum absolute atomic E-state index is 0.0775. The van der Waals surface area contributed by atoms with Crippen LogP contribution in [0.5, 0.6) is 11.5 Å². The first kappa shape index (κ1) is 19.9. The van der Waals surface area contributed by atoms with E-state index in [1.165, 1.54) is 0 Å². The van der Waals surface area contributed by atoms with E-state index in [9.17, 15) is 4.79 Å². The molecule has 0 unspecified atom stereocenters. The Morgan fingerprint density at radius 3 is 2.37 bits per heavy atom. The fourth-order valence-corrected chi connectivity index (χ4v) is 3.37. The minimum Gasteiger partial charge on any atom is -0.497 e. The van der Waals surface area contributed by atoms with Gasteiger partial charge < -0.3 is 14.4 Å². The Bertz CT molecular complexity index is 950. The van der Waals surface area contributed by atoms with Gasteiger partial charge in [0.05, 0.1) is 19.0 Å². The molecule has 0 aliphatic carbocycles. The van der Waals surface area contributed by atoms with Crippen molar-refractivity contribution in [2.45, 2.75) is 0 Å². The smallest absolute Gasteiger partial charge is 0.276 e. The Hall–Kier alpha value is -3.39. The largest absolute Gasteiger partial charge is 0.497 e. The Morgan fingerprint density at radius 2 is 1.67 bits per heavy atom. The third-order valence-electron chi connectivity index (χ3n) is 5.13. The van der Waals surface area contributed by atoms with Crippen molar-refractivity contribution in [1.82, 2.24) is 24.8 Å². The SMILES string of the molecule is COc1ccc(OCCN2CCN(C(=O)c3cn(-c4ccccc4)nn3)CC2)cc1. The molecule has 1 aromatic heterocycles. The lowest BCUT2D eigenvalue weighted by molar-refractivity contribution is 0.0614. The summed E-state index contributed by atoms with van der Waals surface area (Å²) in [6.07, 6.45) is 1.69. The number of nitrogens with zero attached hydrogens (tertiary/aromatic N) is 5. The summed E-state index contributed by atoms with van der Waals surface area (Å²) < 4.78 is 12.6. The second kappa shape index (κ2) is 9.41. The molecule has 2 aromatic carbocycles. The van der Waals surface area contributed by atoms with Crippen molar-refractivity contribution in [3.05, 3.63) is 66.5 Å². The second-order valence-electron chi connectivity index (χ2n) is 7.04. The Kier molecular flexibility index (Phi) is 6.24. The minimum atomic E-state index is -0.0775. The molecular formula is C22H25N5O3. The second-order valence-corrected chi connectivity index (χ2v) is 7.04. The Labute approximate surface area is 175 Å². The molecule has 1 amide bonds. The molecule has 0 radical (unpaired) electrons. The predicted molar refractivity (Wildman–Crippen MR) is 112 cm³/mol. The van der Waals surface area contributed by atoms with E-state index in [4.69, 9.17) is 9.47 Å². The normalized spacial score (nSPS) is 14.5. The van der Waals surface area contributed by atoms with E-state index in [1.807, 2.05) is 59.5 Å². The fraction of sp³-hybridized carbons (Fsp3) is 0.318. The number of benzene rings is 2. The standard InChI is InChI=1S/C22H25N5O3/c1-29-19-7-9-20(10-8-19)30-16-15-25-11-13-26(14-12-25)22(28)21-17-27(24-23-21)18-5-3-2-4-6-18/h2-10,17H,11-16H2,1H3. The highest BCUT2D eigenvalue weighted by atomic mass is 16.5. The van der Waals surface area contributed by atoms with Gasteiger partial charge in [0.25, 0.3) is 5.91 Å². The average molecular weight is 407 g/mol. The van der Waals surface area contributed by atoms with Crippen LogP contribution in [0, 0.1) is 0 Å². The number of hydrogen-bond acceptors (Lipinski definition) is 6. The predicted octanol–water partition coefficient (Wildman–Crippen LogP) is 2.11. The number of carbonyl (C=O) groups excluding carboxylic acids is 1. The van der Waals surface area contributed by atoms with Gasteiger partial charge in [-0.1, -0.05) is 23.4 Å². The molecule has 2 heterocycles. The van der Waals surface area contributed by atoms with Crippen LogP contribution in [0.3, 0.4) is 0 Å². The zero-order chi connectivity index (χ0) is 20.8. The first-order chi connectivity index (χ1) is 14.7. The van der Waals surface area contributed by atoms with Crippen LogP contribution >= 0.6 is 0 Å². The summed E-state index contributed by atoms with van der Waals surface area (Å²) in [5.74, 6) is 1.56. The van der Waals surface area contributed by atoms with Gasteiger partial charge in [-0.25, -0.2) is 4.68 Å². The van der Waals surface area contributed by atoms with Crippen LogP contribution in [0.25, 0.3) is 5.69 Å². The number of carbonyl (C=O) groups is 1. The van der Waals surface area contributed by atoms with Gasteiger partial charge in [-0.05, 0) is 36.4 Å². The van der Waals surface area contributed by atoms with Gasteiger partial charge in [-0.15, -0.1) is 5.10 Å². The van der Waals surface area contributed by atoms with Crippen LogP contribution in [0.4, 0.5) is 0 Å². The molecule has 0 atom stereocenters. The Morgan fingerprint density at radius 1 is 0.967 bits per heavy atom. The molecular weight excluding hydrogens is 382 g/mol. The number of amides is 1. The van der Waals surface area contributed by atoms with Crippen molar-refractivity contribution in [3.63, 3.8) is 0 Å². The summed E-state index contributed by atoms with van der Waals surface area (Å²) in [7, 11) is 1.64. The highest BCUT2D eigenvalue weighted by Gasteiger charge is 2.24. The van der Waals surface area contributed by atoms with Gasteiger partial charge in [0.2, 0.25) is 0 Å². The summed E-state index contributed by atoms with van der Waals surface area (Å²) in [6.45, 7) is 4.37. The number of hydrogen-bond donors (Lipinski definition) is 0. The molecule has 0 bridgehead atoms. The Balaban J connectivity index is 1.23. The number of rotatable bonds is 7. The quantitative estimate of drug-likeness (QED) is 0.597. The molecule has 1 aliphatic rings. The lowest BCUT2D eigenvalue weighted by Crippen LogP contribution is -2.49. The summed E-state index contributed by atoms with van der Waals surface area (Å²) in [5, 5.41) is 8.14. The van der Waals surface area contributed by atoms with Crippen LogP contribution < -0.4 is 9.47 Å². The van der Waals surface area contributed by atoms with Crippen LogP contribution in [0.15, 0.2) is 60.8 Å². The highest BCUT2D eigenvalue weighted by Crippen LogP contribution is 2.17. The molecule has 1 saturated heterocycles. The molecule has 3 aromatic rings. The first-order valence-electron chi connectivity index (χ1n) is 9.99. The molecule has 1 aliphatic heterocycles. The maximum absolute atomic E-state index is 12.8. The lowest BCUT2D eigenvalue weighted by Gasteiger charge is -2.34. The zero-order valence-electron chi connectivity index (χ0n) is 17.0. The van der Waals surface area contributed by atoms with Gasteiger partial charge in [-0.2, -0.15) is 0 Å². The topological polar surface area (TPSA) is 72.7 Å². The van der Waals surface area contributed by atoms with E-state index in [1.54, 1.807) is 18.0 Å². The number of para-hydroxylation sites is 1. The van der Waals surface area contributed by atoms with E-state index >= 15 is 0 Å². The van der Waals surface area contributed by atoms with E-state index in [-0.39, 0.29) is 5.91 Å². The third kappa shape index (κ3) is 4.77. The average Bonchev–Trinajstić information content (AvgIpc) is 3.30. The maximum Gasteiger partial charge on any atom is 0.276 e. The molecule has 1 fully saturated rings. The zero-order valence-corrected chi connectivity index (χ0v) is 17.0. The lowest BCUT2D eigenvalue weighted by atomic mass is 10.3. The molecule has 8 nitrogen and oxygen atoms in total.